The van der Waals surface area contributed by atoms with Crippen molar-refractivity contribution in [2.75, 3.05) is 12.4 Å². The largest absolute Gasteiger partial charge is 0.489 e. The lowest BCUT2D eigenvalue weighted by Gasteiger charge is -2.25. The summed E-state index contributed by atoms with van der Waals surface area (Å²) in [6, 6.07) is 7.99. The highest BCUT2D eigenvalue weighted by atomic mass is 35.5. The van der Waals surface area contributed by atoms with E-state index in [0.717, 1.165) is 11.3 Å². The Kier molecular flexibility index (Phi) is 5.67. The van der Waals surface area contributed by atoms with E-state index in [-0.39, 0.29) is 23.3 Å². The summed E-state index contributed by atoms with van der Waals surface area (Å²) >= 11 is 5.43. The van der Waals surface area contributed by atoms with Gasteiger partial charge in [0, 0.05) is 0 Å². The molecular formula is C15H22ClNO2. The number of alkyl halides is 1. The van der Waals surface area contributed by atoms with Crippen molar-refractivity contribution in [2.45, 2.75) is 39.2 Å². The quantitative estimate of drug-likeness (QED) is 0.843. The number of hydrogen-bond acceptors (Lipinski definition) is 2. The highest BCUT2D eigenvalue weighted by Crippen LogP contribution is 2.31. The number of nitrogens with one attached hydrogen (secondary N) is 1. The molecule has 0 saturated carbocycles. The van der Waals surface area contributed by atoms with Crippen LogP contribution in [0.15, 0.2) is 24.3 Å². The lowest BCUT2D eigenvalue weighted by atomic mass is 9.86. The summed E-state index contributed by atoms with van der Waals surface area (Å²) in [4.78, 5) is 11.1. The number of amides is 1. The highest BCUT2D eigenvalue weighted by molar-refractivity contribution is 6.27. The Hall–Kier alpha value is -1.22. The molecule has 1 aromatic carbocycles. The van der Waals surface area contributed by atoms with Crippen LogP contribution in [0.3, 0.4) is 0 Å². The predicted octanol–water partition coefficient (Wildman–Crippen LogP) is 3.11. The van der Waals surface area contributed by atoms with Crippen molar-refractivity contribution in [3.63, 3.8) is 0 Å². The average Bonchev–Trinajstić information content (AvgIpc) is 2.35. The van der Waals surface area contributed by atoms with Crippen molar-refractivity contribution >= 4 is 17.5 Å². The number of hydrogen-bond donors (Lipinski definition) is 1. The first-order valence-corrected chi connectivity index (χ1v) is 6.97. The van der Waals surface area contributed by atoms with E-state index in [4.69, 9.17) is 16.3 Å². The molecule has 1 rings (SSSR count). The van der Waals surface area contributed by atoms with E-state index in [1.165, 1.54) is 0 Å². The summed E-state index contributed by atoms with van der Waals surface area (Å²) in [6.07, 6.45) is -0.101. The molecule has 0 bridgehead atoms. The topological polar surface area (TPSA) is 38.3 Å². The van der Waals surface area contributed by atoms with Gasteiger partial charge in [0.05, 0.1) is 6.54 Å². The molecule has 0 aliphatic rings. The standard InChI is InChI=1S/C15H22ClNO2/c1-11(10-17-14(18)9-16)19-13-8-6-5-7-12(13)15(2,3)4/h5-8,11H,9-10H2,1-4H3,(H,17,18). The van der Waals surface area contributed by atoms with Crippen molar-refractivity contribution in [2.24, 2.45) is 0 Å². The van der Waals surface area contributed by atoms with Crippen LogP contribution in [0.2, 0.25) is 0 Å². The van der Waals surface area contributed by atoms with Gasteiger partial charge >= 0.3 is 0 Å². The van der Waals surface area contributed by atoms with E-state index < -0.39 is 0 Å². The zero-order chi connectivity index (χ0) is 14.5. The molecule has 1 N–H and O–H groups in total. The number of benzene rings is 1. The summed E-state index contributed by atoms with van der Waals surface area (Å²) in [5.41, 5.74) is 1.18. The zero-order valence-corrected chi connectivity index (χ0v) is 12.8. The fourth-order valence-electron chi connectivity index (χ4n) is 1.75. The maximum Gasteiger partial charge on any atom is 0.235 e. The van der Waals surface area contributed by atoms with Crippen molar-refractivity contribution < 1.29 is 9.53 Å². The number of para-hydroxylation sites is 1. The highest BCUT2D eigenvalue weighted by Gasteiger charge is 2.19. The van der Waals surface area contributed by atoms with Crippen LogP contribution in [-0.2, 0) is 10.2 Å². The summed E-state index contributed by atoms with van der Waals surface area (Å²) in [5.74, 6) is 0.662. The van der Waals surface area contributed by atoms with Crippen molar-refractivity contribution in [3.8, 4) is 5.75 Å². The van der Waals surface area contributed by atoms with Crippen LogP contribution in [0, 0.1) is 0 Å². The van der Waals surface area contributed by atoms with Crippen molar-refractivity contribution in [1.82, 2.24) is 5.32 Å². The number of rotatable bonds is 5. The Morgan fingerprint density at radius 2 is 2.00 bits per heavy atom. The average molecular weight is 284 g/mol. The molecule has 0 heterocycles. The molecule has 0 aromatic heterocycles. The smallest absolute Gasteiger partial charge is 0.235 e. The fraction of sp³-hybridized carbons (Fsp3) is 0.533. The first-order chi connectivity index (χ1) is 8.84. The zero-order valence-electron chi connectivity index (χ0n) is 12.0. The number of ether oxygens (including phenoxy) is 1. The SMILES string of the molecule is CC(CNC(=O)CCl)Oc1ccccc1C(C)(C)C. The molecule has 0 fully saturated rings. The van der Waals surface area contributed by atoms with Crippen LogP contribution < -0.4 is 10.1 Å². The third-order valence-electron chi connectivity index (χ3n) is 2.73. The van der Waals surface area contributed by atoms with E-state index in [2.05, 4.69) is 32.2 Å². The minimum atomic E-state index is -0.179. The van der Waals surface area contributed by atoms with Crippen molar-refractivity contribution in [3.05, 3.63) is 29.8 Å². The molecule has 19 heavy (non-hydrogen) atoms. The van der Waals surface area contributed by atoms with Crippen LogP contribution in [-0.4, -0.2) is 24.4 Å². The molecule has 1 atom stereocenters. The molecule has 4 heteroatoms. The maximum absolute atomic E-state index is 11.1. The molecule has 0 aliphatic heterocycles. The third-order valence-corrected chi connectivity index (χ3v) is 2.97. The minimum absolute atomic E-state index is 0.0225. The maximum atomic E-state index is 11.1. The van der Waals surface area contributed by atoms with Gasteiger partial charge in [-0.1, -0.05) is 39.0 Å². The Morgan fingerprint density at radius 3 is 2.58 bits per heavy atom. The molecular weight excluding hydrogens is 262 g/mol. The van der Waals surface area contributed by atoms with Crippen LogP contribution in [0.25, 0.3) is 0 Å². The Bertz CT molecular complexity index is 426. The molecule has 1 aromatic rings. The molecule has 1 unspecified atom stereocenters. The van der Waals surface area contributed by atoms with Gasteiger partial charge < -0.3 is 10.1 Å². The molecule has 0 saturated heterocycles. The first-order valence-electron chi connectivity index (χ1n) is 6.43. The fourth-order valence-corrected chi connectivity index (χ4v) is 1.85. The Labute approximate surface area is 120 Å². The second-order valence-electron chi connectivity index (χ2n) is 5.61. The monoisotopic (exact) mass is 283 g/mol. The van der Waals surface area contributed by atoms with Crippen LogP contribution >= 0.6 is 11.6 Å². The van der Waals surface area contributed by atoms with E-state index in [1.807, 2.05) is 25.1 Å². The van der Waals surface area contributed by atoms with Gasteiger partial charge in [0.1, 0.15) is 17.7 Å². The molecule has 0 aliphatic carbocycles. The summed E-state index contributed by atoms with van der Waals surface area (Å²) < 4.78 is 5.91. The number of carbonyl (C=O) groups excluding carboxylic acids is 1. The lowest BCUT2D eigenvalue weighted by molar-refractivity contribution is -0.119. The van der Waals surface area contributed by atoms with Crippen LogP contribution in [0.4, 0.5) is 0 Å². The minimum Gasteiger partial charge on any atom is -0.489 e. The van der Waals surface area contributed by atoms with Gasteiger partial charge in [-0.15, -0.1) is 11.6 Å². The van der Waals surface area contributed by atoms with E-state index in [0.29, 0.717) is 6.54 Å². The predicted molar refractivity (Wildman–Crippen MR) is 79.0 cm³/mol. The normalized spacial score (nSPS) is 12.9. The van der Waals surface area contributed by atoms with Gasteiger partial charge in [0.15, 0.2) is 0 Å². The van der Waals surface area contributed by atoms with Gasteiger partial charge in [-0.25, -0.2) is 0 Å². The summed E-state index contributed by atoms with van der Waals surface area (Å²) in [5, 5.41) is 2.71. The van der Waals surface area contributed by atoms with Crippen LogP contribution in [0.5, 0.6) is 5.75 Å². The van der Waals surface area contributed by atoms with Gasteiger partial charge in [0.25, 0.3) is 0 Å². The van der Waals surface area contributed by atoms with Gasteiger partial charge in [0.2, 0.25) is 5.91 Å². The van der Waals surface area contributed by atoms with Gasteiger partial charge in [-0.3, -0.25) is 4.79 Å². The second-order valence-corrected chi connectivity index (χ2v) is 5.88. The van der Waals surface area contributed by atoms with Crippen LogP contribution in [0.1, 0.15) is 33.3 Å². The number of halogens is 1. The summed E-state index contributed by atoms with van der Waals surface area (Å²) in [6.45, 7) is 8.82. The Balaban J connectivity index is 2.69. The van der Waals surface area contributed by atoms with E-state index >= 15 is 0 Å². The molecule has 1 amide bonds. The molecule has 106 valence electrons. The lowest BCUT2D eigenvalue weighted by Crippen LogP contribution is -2.34. The second kappa shape index (κ2) is 6.80. The van der Waals surface area contributed by atoms with Gasteiger partial charge in [-0.2, -0.15) is 0 Å². The van der Waals surface area contributed by atoms with E-state index in [9.17, 15) is 4.79 Å². The van der Waals surface area contributed by atoms with E-state index in [1.54, 1.807) is 0 Å². The van der Waals surface area contributed by atoms with Gasteiger partial charge in [-0.05, 0) is 24.0 Å². The molecule has 0 spiro atoms. The van der Waals surface area contributed by atoms with Crippen molar-refractivity contribution in [1.29, 1.82) is 0 Å². The first kappa shape index (κ1) is 15.8. The number of carbonyl (C=O) groups is 1. The Morgan fingerprint density at radius 1 is 1.37 bits per heavy atom. The molecule has 0 radical (unpaired) electrons. The molecule has 3 nitrogen and oxygen atoms in total. The summed E-state index contributed by atoms with van der Waals surface area (Å²) in [7, 11) is 0. The third kappa shape index (κ3) is 5.11.